The van der Waals surface area contributed by atoms with Gasteiger partial charge in [-0.15, -0.1) is 0 Å². The lowest BCUT2D eigenvalue weighted by molar-refractivity contribution is -0.129. The largest absolute Gasteiger partial charge is 0.383 e. The quantitative estimate of drug-likeness (QED) is 0.492. The van der Waals surface area contributed by atoms with E-state index in [0.717, 1.165) is 0 Å². The number of hydrogen-bond acceptors (Lipinski definition) is 4. The average Bonchev–Trinajstić information content (AvgIpc) is 2.16. The lowest BCUT2D eigenvalue weighted by Crippen LogP contribution is -2.51. The molecule has 6 nitrogen and oxygen atoms in total. The van der Waals surface area contributed by atoms with Gasteiger partial charge in [-0.3, -0.25) is 9.59 Å². The van der Waals surface area contributed by atoms with E-state index in [4.69, 9.17) is 10.5 Å². The molecule has 2 unspecified atom stereocenters. The van der Waals surface area contributed by atoms with E-state index in [2.05, 4.69) is 10.6 Å². The van der Waals surface area contributed by atoms with Crippen LogP contribution in [0.5, 0.6) is 0 Å². The van der Waals surface area contributed by atoms with Crippen LogP contribution in [0, 0.1) is 0 Å². The summed E-state index contributed by atoms with van der Waals surface area (Å²) in [6.45, 7) is 1.71. The molecule has 6 heteroatoms. The zero-order chi connectivity index (χ0) is 11.1. The van der Waals surface area contributed by atoms with E-state index in [-0.39, 0.29) is 12.5 Å². The number of carbonyl (C=O) groups excluding carboxylic acids is 2. The molecule has 2 amide bonds. The first-order chi connectivity index (χ1) is 6.52. The minimum Gasteiger partial charge on any atom is -0.383 e. The van der Waals surface area contributed by atoms with Crippen LogP contribution in [0.15, 0.2) is 0 Å². The third-order valence-corrected chi connectivity index (χ3v) is 1.68. The van der Waals surface area contributed by atoms with Crippen LogP contribution >= 0.6 is 0 Å². The van der Waals surface area contributed by atoms with Crippen molar-refractivity contribution in [3.05, 3.63) is 0 Å². The predicted octanol–water partition coefficient (Wildman–Crippen LogP) is -1.79. The minimum atomic E-state index is -0.743. The SMILES string of the molecule is CNC(=O)C(C)NC(=O)C(N)COC. The predicted molar refractivity (Wildman–Crippen MR) is 51.5 cm³/mol. The van der Waals surface area contributed by atoms with Crippen molar-refractivity contribution < 1.29 is 14.3 Å². The lowest BCUT2D eigenvalue weighted by Gasteiger charge is -2.15. The summed E-state index contributed by atoms with van der Waals surface area (Å²) in [6, 6.07) is -1.33. The topological polar surface area (TPSA) is 93.5 Å². The standard InChI is InChI=1S/C8H17N3O3/c1-5(7(12)10-2)11-8(13)6(9)4-14-3/h5-6H,4,9H2,1-3H3,(H,10,12)(H,11,13). The van der Waals surface area contributed by atoms with Gasteiger partial charge in [0.25, 0.3) is 0 Å². The summed E-state index contributed by atoms with van der Waals surface area (Å²) >= 11 is 0. The van der Waals surface area contributed by atoms with Crippen LogP contribution in [0.2, 0.25) is 0 Å². The summed E-state index contributed by atoms with van der Waals surface area (Å²) in [7, 11) is 2.95. The fourth-order valence-electron chi connectivity index (χ4n) is 0.858. The summed E-state index contributed by atoms with van der Waals surface area (Å²) < 4.78 is 4.71. The van der Waals surface area contributed by atoms with E-state index in [1.54, 1.807) is 6.92 Å². The van der Waals surface area contributed by atoms with Crippen molar-refractivity contribution in [1.82, 2.24) is 10.6 Å². The lowest BCUT2D eigenvalue weighted by atomic mass is 10.2. The van der Waals surface area contributed by atoms with Gasteiger partial charge in [0.1, 0.15) is 12.1 Å². The van der Waals surface area contributed by atoms with Gasteiger partial charge >= 0.3 is 0 Å². The molecule has 0 rings (SSSR count). The Morgan fingerprint density at radius 3 is 2.43 bits per heavy atom. The van der Waals surface area contributed by atoms with Crippen LogP contribution in [-0.2, 0) is 14.3 Å². The molecule has 0 spiro atoms. The first-order valence-corrected chi connectivity index (χ1v) is 4.29. The molecule has 0 bridgehead atoms. The van der Waals surface area contributed by atoms with Gasteiger partial charge in [-0.2, -0.15) is 0 Å². The molecule has 0 radical (unpaired) electrons. The maximum absolute atomic E-state index is 11.3. The highest BCUT2D eigenvalue weighted by Crippen LogP contribution is 1.85. The monoisotopic (exact) mass is 203 g/mol. The van der Waals surface area contributed by atoms with E-state index < -0.39 is 18.0 Å². The highest BCUT2D eigenvalue weighted by atomic mass is 16.5. The van der Waals surface area contributed by atoms with Crippen LogP contribution in [0.1, 0.15) is 6.92 Å². The molecule has 0 heterocycles. The Balaban J connectivity index is 3.98. The number of nitrogens with two attached hydrogens (primary N) is 1. The van der Waals surface area contributed by atoms with Crippen molar-refractivity contribution in [1.29, 1.82) is 0 Å². The third kappa shape index (κ3) is 4.20. The number of amides is 2. The minimum absolute atomic E-state index is 0.131. The molecule has 0 aliphatic carbocycles. The number of hydrogen-bond donors (Lipinski definition) is 3. The smallest absolute Gasteiger partial charge is 0.242 e. The van der Waals surface area contributed by atoms with Gasteiger partial charge < -0.3 is 21.1 Å². The van der Waals surface area contributed by atoms with E-state index in [9.17, 15) is 9.59 Å². The fraction of sp³-hybridized carbons (Fsp3) is 0.750. The number of likely N-dealkylation sites (N-methyl/N-ethyl adjacent to an activating group) is 1. The number of carbonyl (C=O) groups is 2. The van der Waals surface area contributed by atoms with E-state index in [1.165, 1.54) is 14.2 Å². The van der Waals surface area contributed by atoms with Crippen molar-refractivity contribution in [2.45, 2.75) is 19.0 Å². The maximum atomic E-state index is 11.3. The zero-order valence-corrected chi connectivity index (χ0v) is 8.66. The summed E-state index contributed by atoms with van der Waals surface area (Å²) in [5.41, 5.74) is 5.45. The first-order valence-electron chi connectivity index (χ1n) is 4.29. The highest BCUT2D eigenvalue weighted by Gasteiger charge is 2.18. The second kappa shape index (κ2) is 6.33. The van der Waals surface area contributed by atoms with Crippen molar-refractivity contribution in [3.63, 3.8) is 0 Å². The van der Waals surface area contributed by atoms with Gasteiger partial charge in [0, 0.05) is 14.2 Å². The van der Waals surface area contributed by atoms with Crippen molar-refractivity contribution in [2.75, 3.05) is 20.8 Å². The summed E-state index contributed by atoms with van der Waals surface area (Å²) in [4.78, 5) is 22.3. The number of nitrogens with one attached hydrogen (secondary N) is 2. The van der Waals surface area contributed by atoms with Crippen molar-refractivity contribution >= 4 is 11.8 Å². The van der Waals surface area contributed by atoms with Crippen LogP contribution in [0.4, 0.5) is 0 Å². The third-order valence-electron chi connectivity index (χ3n) is 1.68. The van der Waals surface area contributed by atoms with Crippen LogP contribution in [0.25, 0.3) is 0 Å². The van der Waals surface area contributed by atoms with Crippen LogP contribution < -0.4 is 16.4 Å². The van der Waals surface area contributed by atoms with E-state index >= 15 is 0 Å². The van der Waals surface area contributed by atoms with E-state index in [0.29, 0.717) is 0 Å². The molecule has 4 N–H and O–H groups in total. The van der Waals surface area contributed by atoms with Gasteiger partial charge in [0.15, 0.2) is 0 Å². The Morgan fingerprint density at radius 2 is 2.00 bits per heavy atom. The molecule has 0 aromatic carbocycles. The Bertz CT molecular complexity index is 208. The summed E-state index contributed by atoms with van der Waals surface area (Å²) in [5.74, 6) is -0.661. The van der Waals surface area contributed by atoms with Crippen molar-refractivity contribution in [3.8, 4) is 0 Å². The summed E-state index contributed by atoms with van der Waals surface area (Å²) in [6.07, 6.45) is 0. The highest BCUT2D eigenvalue weighted by molar-refractivity contribution is 5.89. The number of rotatable bonds is 5. The molecule has 0 fully saturated rings. The Kier molecular flexibility index (Phi) is 5.82. The molecule has 14 heavy (non-hydrogen) atoms. The first kappa shape index (κ1) is 12.9. The molecular formula is C8H17N3O3. The Hall–Kier alpha value is -1.14. The van der Waals surface area contributed by atoms with Gasteiger partial charge in [-0.05, 0) is 6.92 Å². The maximum Gasteiger partial charge on any atom is 0.242 e. The number of ether oxygens (including phenoxy) is 1. The Labute approximate surface area is 83.2 Å². The number of methoxy groups -OCH3 is 1. The fourth-order valence-corrected chi connectivity index (χ4v) is 0.858. The van der Waals surface area contributed by atoms with Crippen LogP contribution in [0.3, 0.4) is 0 Å². The summed E-state index contributed by atoms with van der Waals surface area (Å²) in [5, 5.41) is 4.87. The second-order valence-corrected chi connectivity index (χ2v) is 2.91. The average molecular weight is 203 g/mol. The molecule has 0 aromatic rings. The second-order valence-electron chi connectivity index (χ2n) is 2.91. The van der Waals surface area contributed by atoms with Gasteiger partial charge in [-0.25, -0.2) is 0 Å². The van der Waals surface area contributed by atoms with Gasteiger partial charge in [0.2, 0.25) is 11.8 Å². The molecule has 0 aromatic heterocycles. The van der Waals surface area contributed by atoms with E-state index in [1.807, 2.05) is 0 Å². The van der Waals surface area contributed by atoms with Crippen molar-refractivity contribution in [2.24, 2.45) is 5.73 Å². The zero-order valence-electron chi connectivity index (χ0n) is 8.66. The molecule has 0 aliphatic rings. The molecule has 2 atom stereocenters. The normalized spacial score (nSPS) is 14.3. The van der Waals surface area contributed by atoms with Gasteiger partial charge in [0.05, 0.1) is 6.61 Å². The molecular weight excluding hydrogens is 186 g/mol. The van der Waals surface area contributed by atoms with Crippen LogP contribution in [-0.4, -0.2) is 44.7 Å². The van der Waals surface area contributed by atoms with Gasteiger partial charge in [-0.1, -0.05) is 0 Å². The molecule has 0 saturated carbocycles. The molecule has 0 saturated heterocycles. The molecule has 0 aliphatic heterocycles. The Morgan fingerprint density at radius 1 is 1.43 bits per heavy atom. The molecule has 82 valence electrons.